The van der Waals surface area contributed by atoms with Crippen molar-refractivity contribution < 1.29 is 0 Å². The molecule has 0 radical (unpaired) electrons. The Labute approximate surface area is 155 Å². The van der Waals surface area contributed by atoms with Crippen molar-refractivity contribution in [2.45, 2.75) is 38.1 Å². The maximum Gasteiger partial charge on any atom is 0.179 e. The lowest BCUT2D eigenvalue weighted by atomic mass is 10.1. The molecule has 0 saturated heterocycles. The lowest BCUT2D eigenvalue weighted by molar-refractivity contribution is 0.651. The third kappa shape index (κ3) is 2.59. The van der Waals surface area contributed by atoms with E-state index < -0.39 is 0 Å². The predicted octanol–water partition coefficient (Wildman–Crippen LogP) is 2.93. The summed E-state index contributed by atoms with van der Waals surface area (Å²) in [5, 5.41) is 21.3. The van der Waals surface area contributed by atoms with E-state index in [1.807, 2.05) is 25.3 Å². The first-order valence-corrected chi connectivity index (χ1v) is 9.03. The Kier molecular flexibility index (Phi) is 3.53. The van der Waals surface area contributed by atoms with Crippen LogP contribution in [-0.4, -0.2) is 35.6 Å². The van der Waals surface area contributed by atoms with E-state index in [4.69, 9.17) is 5.26 Å². The van der Waals surface area contributed by atoms with Gasteiger partial charge in [0.1, 0.15) is 17.7 Å². The van der Waals surface area contributed by atoms with Crippen molar-refractivity contribution in [2.75, 3.05) is 5.32 Å². The van der Waals surface area contributed by atoms with Gasteiger partial charge in [0, 0.05) is 24.4 Å². The van der Waals surface area contributed by atoms with Gasteiger partial charge in [-0.1, -0.05) is 0 Å². The second-order valence-corrected chi connectivity index (χ2v) is 7.07. The summed E-state index contributed by atoms with van der Waals surface area (Å²) in [6.45, 7) is 1.93. The van der Waals surface area contributed by atoms with Crippen LogP contribution in [0.2, 0.25) is 0 Å². The first-order chi connectivity index (χ1) is 13.2. The number of aromatic amines is 1. The molecule has 0 aromatic carbocycles. The van der Waals surface area contributed by atoms with Crippen molar-refractivity contribution in [3.05, 3.63) is 47.7 Å². The van der Waals surface area contributed by atoms with E-state index in [1.54, 1.807) is 12.4 Å². The van der Waals surface area contributed by atoms with Crippen LogP contribution in [0.25, 0.3) is 16.8 Å². The summed E-state index contributed by atoms with van der Waals surface area (Å²) < 4.78 is 2.11. The van der Waals surface area contributed by atoms with Crippen LogP contribution in [-0.2, 0) is 0 Å². The number of fused-ring (bicyclic) bond motifs is 3. The molecule has 134 valence electrons. The van der Waals surface area contributed by atoms with E-state index in [0.29, 0.717) is 17.5 Å². The third-order valence-corrected chi connectivity index (χ3v) is 5.35. The number of hydrogen-bond donors (Lipinski definition) is 2. The lowest BCUT2D eigenvalue weighted by Gasteiger charge is -2.14. The monoisotopic (exact) mass is 358 g/mol. The van der Waals surface area contributed by atoms with Gasteiger partial charge >= 0.3 is 0 Å². The fourth-order valence-corrected chi connectivity index (χ4v) is 3.97. The van der Waals surface area contributed by atoms with Gasteiger partial charge in [-0.3, -0.25) is 4.40 Å². The Morgan fingerprint density at radius 1 is 1.26 bits per heavy atom. The molecule has 0 amide bonds. The maximum absolute atomic E-state index is 9.05. The minimum Gasteiger partial charge on any atom is -0.367 e. The third-order valence-electron chi connectivity index (χ3n) is 5.35. The van der Waals surface area contributed by atoms with E-state index in [1.165, 1.54) is 0 Å². The molecular formula is C19H18N8. The minimum absolute atomic E-state index is 0.325. The summed E-state index contributed by atoms with van der Waals surface area (Å²) in [6, 6.07) is 6.43. The first-order valence-electron chi connectivity index (χ1n) is 9.03. The van der Waals surface area contributed by atoms with Crippen LogP contribution in [0.4, 0.5) is 5.82 Å². The van der Waals surface area contributed by atoms with E-state index in [-0.39, 0.29) is 0 Å². The number of aromatic nitrogens is 6. The van der Waals surface area contributed by atoms with Crippen molar-refractivity contribution in [3.8, 4) is 6.07 Å². The number of pyridine rings is 1. The molecule has 1 saturated carbocycles. The van der Waals surface area contributed by atoms with Gasteiger partial charge in [0.2, 0.25) is 0 Å². The summed E-state index contributed by atoms with van der Waals surface area (Å²) in [4.78, 5) is 11.9. The van der Waals surface area contributed by atoms with Crippen LogP contribution in [0.5, 0.6) is 0 Å². The zero-order chi connectivity index (χ0) is 18.4. The summed E-state index contributed by atoms with van der Waals surface area (Å²) in [5.74, 6) is 2.14. The quantitative estimate of drug-likeness (QED) is 0.583. The van der Waals surface area contributed by atoms with Crippen LogP contribution in [0.15, 0.2) is 30.7 Å². The second kappa shape index (κ2) is 6.06. The van der Waals surface area contributed by atoms with Crippen molar-refractivity contribution in [1.82, 2.24) is 29.5 Å². The van der Waals surface area contributed by atoms with Gasteiger partial charge in [-0.05, 0) is 43.9 Å². The highest BCUT2D eigenvalue weighted by Gasteiger charge is 2.30. The van der Waals surface area contributed by atoms with Gasteiger partial charge in [-0.15, -0.1) is 10.2 Å². The molecule has 0 aliphatic heterocycles. The summed E-state index contributed by atoms with van der Waals surface area (Å²) >= 11 is 0. The van der Waals surface area contributed by atoms with E-state index in [9.17, 15) is 0 Å². The van der Waals surface area contributed by atoms with Gasteiger partial charge in [0.25, 0.3) is 0 Å². The Bertz CT molecular complexity index is 1180. The molecule has 2 N–H and O–H groups in total. The van der Waals surface area contributed by atoms with Crippen molar-refractivity contribution >= 4 is 22.6 Å². The molecule has 1 aliphatic carbocycles. The van der Waals surface area contributed by atoms with Gasteiger partial charge in [0.15, 0.2) is 11.3 Å². The molecule has 8 nitrogen and oxygen atoms in total. The molecule has 4 heterocycles. The molecule has 4 aromatic rings. The van der Waals surface area contributed by atoms with Crippen LogP contribution >= 0.6 is 0 Å². The van der Waals surface area contributed by atoms with E-state index in [2.05, 4.69) is 40.9 Å². The Hall–Kier alpha value is -3.47. The predicted molar refractivity (Wildman–Crippen MR) is 100 cm³/mol. The number of anilines is 1. The Morgan fingerprint density at radius 3 is 3.04 bits per heavy atom. The Balaban J connectivity index is 1.40. The average molecular weight is 358 g/mol. The zero-order valence-electron chi connectivity index (χ0n) is 14.8. The summed E-state index contributed by atoms with van der Waals surface area (Å²) in [5.41, 5.74) is 4.18. The molecule has 4 aromatic heterocycles. The van der Waals surface area contributed by atoms with Crippen LogP contribution in [0.3, 0.4) is 0 Å². The lowest BCUT2D eigenvalue weighted by Crippen LogP contribution is -2.16. The maximum atomic E-state index is 9.05. The van der Waals surface area contributed by atoms with Crippen LogP contribution in [0.1, 0.15) is 42.1 Å². The number of rotatable bonds is 3. The standard InChI is InChI=1S/C19H18N8/c1-11-6-16(22-9-13(11)8-20)24-14-3-2-12(7-14)19-26-25-17-10-23-18-15(27(17)19)4-5-21-18/h4-6,9-10,12,14,21H,2-3,7H2,1H3,(H,22,24)/t12-,14+/m1/s1. The van der Waals surface area contributed by atoms with Crippen LogP contribution < -0.4 is 5.32 Å². The van der Waals surface area contributed by atoms with Crippen molar-refractivity contribution in [3.63, 3.8) is 0 Å². The van der Waals surface area contributed by atoms with Crippen molar-refractivity contribution in [2.24, 2.45) is 0 Å². The van der Waals surface area contributed by atoms with Gasteiger partial charge in [0.05, 0.1) is 17.3 Å². The van der Waals surface area contributed by atoms with Gasteiger partial charge < -0.3 is 10.3 Å². The fraction of sp³-hybridized carbons (Fsp3) is 0.316. The van der Waals surface area contributed by atoms with Crippen molar-refractivity contribution in [1.29, 1.82) is 5.26 Å². The molecule has 1 fully saturated rings. The smallest absolute Gasteiger partial charge is 0.179 e. The van der Waals surface area contributed by atoms with Gasteiger partial charge in [-0.25, -0.2) is 9.97 Å². The van der Waals surface area contributed by atoms with Gasteiger partial charge in [-0.2, -0.15) is 5.26 Å². The summed E-state index contributed by atoms with van der Waals surface area (Å²) in [7, 11) is 0. The summed E-state index contributed by atoms with van der Waals surface area (Å²) in [6.07, 6.45) is 8.33. The molecule has 27 heavy (non-hydrogen) atoms. The molecule has 0 bridgehead atoms. The second-order valence-electron chi connectivity index (χ2n) is 7.07. The molecule has 2 atom stereocenters. The first kappa shape index (κ1) is 15.8. The largest absolute Gasteiger partial charge is 0.367 e. The van der Waals surface area contributed by atoms with Crippen LogP contribution in [0, 0.1) is 18.3 Å². The van der Waals surface area contributed by atoms with E-state index in [0.717, 1.165) is 53.3 Å². The molecule has 0 unspecified atom stereocenters. The highest BCUT2D eigenvalue weighted by atomic mass is 15.3. The molecule has 8 heteroatoms. The molecule has 5 rings (SSSR count). The fourth-order valence-electron chi connectivity index (χ4n) is 3.97. The Morgan fingerprint density at radius 2 is 2.19 bits per heavy atom. The number of nitrogens with zero attached hydrogens (tertiary/aromatic N) is 6. The van der Waals surface area contributed by atoms with E-state index >= 15 is 0 Å². The molecule has 1 aliphatic rings. The average Bonchev–Trinajstić information content (AvgIpc) is 3.39. The highest BCUT2D eigenvalue weighted by molar-refractivity contribution is 5.74. The number of nitriles is 1. The topological polar surface area (TPSA) is 108 Å². The molecule has 0 spiro atoms. The highest BCUT2D eigenvalue weighted by Crippen LogP contribution is 2.35. The number of hydrogen-bond acceptors (Lipinski definition) is 6. The zero-order valence-corrected chi connectivity index (χ0v) is 14.8. The normalized spacial score (nSPS) is 19.6. The SMILES string of the molecule is Cc1cc(N[C@H]2CC[C@@H](c3nnc4cnc5[nH]ccc5n34)C2)ncc1C#N. The number of H-pyrrole nitrogens is 1. The number of nitrogens with one attached hydrogen (secondary N) is 2. The minimum atomic E-state index is 0.325. The molecular weight excluding hydrogens is 340 g/mol. The number of aryl methyl sites for hydroxylation is 1.